The standard InChI is InChI=1S/C35H41BN4O5S/c1-21-10-11-27(17-30(21)36)45-32-13-12-28(14-23(32)3)46(43,44)40-31(16-26-19-38-33-22(2)6-4-9-29(26)33)34(41)39(35(40)42)20-25-8-5-7-24(15-25)18-37/h4,6,9-14,17,19,24-25,31,38H,5,7-8,15-16,18,20,36-37H2,1-3H3. The number of carbonyl (C=O) groups excluding carboxylic acids is 2. The summed E-state index contributed by atoms with van der Waals surface area (Å²) >= 11 is 0. The molecule has 2 heterocycles. The highest BCUT2D eigenvalue weighted by Gasteiger charge is 2.52. The minimum atomic E-state index is -4.41. The van der Waals surface area contributed by atoms with Crippen LogP contribution in [0.3, 0.4) is 0 Å². The molecule has 9 nitrogen and oxygen atoms in total. The van der Waals surface area contributed by atoms with Gasteiger partial charge in [-0.1, -0.05) is 41.7 Å². The number of aromatic amines is 1. The zero-order valence-corrected chi connectivity index (χ0v) is 27.7. The number of nitrogens with one attached hydrogen (secondary N) is 1. The third kappa shape index (κ3) is 5.94. The van der Waals surface area contributed by atoms with Crippen LogP contribution in [0.1, 0.15) is 47.9 Å². The number of benzene rings is 3. The first-order valence-electron chi connectivity index (χ1n) is 16.0. The number of carbonyl (C=O) groups is 2. The first-order valence-corrected chi connectivity index (χ1v) is 17.4. The van der Waals surface area contributed by atoms with Gasteiger partial charge in [-0.05, 0) is 105 Å². The number of imide groups is 1. The lowest BCUT2D eigenvalue weighted by Crippen LogP contribution is -2.42. The number of para-hydroxylation sites is 1. The second-order valence-corrected chi connectivity index (χ2v) is 14.8. The van der Waals surface area contributed by atoms with E-state index in [1.165, 1.54) is 12.1 Å². The summed E-state index contributed by atoms with van der Waals surface area (Å²) in [4.78, 5) is 32.5. The molecule has 1 saturated carbocycles. The number of sulfonamides is 1. The smallest absolute Gasteiger partial charge is 0.341 e. The molecule has 4 aromatic rings. The van der Waals surface area contributed by atoms with Gasteiger partial charge in [-0.15, -0.1) is 0 Å². The van der Waals surface area contributed by atoms with Gasteiger partial charge in [0.1, 0.15) is 25.4 Å². The fraction of sp³-hybridized carbons (Fsp3) is 0.371. The number of fused-ring (bicyclic) bond motifs is 1. The molecule has 0 bridgehead atoms. The number of aryl methyl sites for hydroxylation is 3. The Morgan fingerprint density at radius 1 is 0.978 bits per heavy atom. The van der Waals surface area contributed by atoms with Crippen LogP contribution in [0.5, 0.6) is 11.5 Å². The van der Waals surface area contributed by atoms with Crippen LogP contribution in [0.25, 0.3) is 10.9 Å². The van der Waals surface area contributed by atoms with Crippen molar-refractivity contribution in [2.45, 2.75) is 63.8 Å². The normalized spacial score (nSPS) is 20.6. The summed E-state index contributed by atoms with van der Waals surface area (Å²) in [6.07, 6.45) is 5.55. The summed E-state index contributed by atoms with van der Waals surface area (Å²) in [5, 5.41) is 0.901. The number of urea groups is 1. The van der Waals surface area contributed by atoms with Crippen LogP contribution >= 0.6 is 0 Å². The number of nitrogens with zero attached hydrogens (tertiary/aromatic N) is 2. The Balaban J connectivity index is 1.34. The van der Waals surface area contributed by atoms with Gasteiger partial charge in [-0.25, -0.2) is 17.5 Å². The van der Waals surface area contributed by atoms with Crippen LogP contribution in [0.15, 0.2) is 65.7 Å². The molecule has 3 atom stereocenters. The van der Waals surface area contributed by atoms with Crippen molar-refractivity contribution in [1.82, 2.24) is 14.2 Å². The number of hydrogen-bond donors (Lipinski definition) is 2. The fourth-order valence-corrected chi connectivity index (χ4v) is 8.53. The summed E-state index contributed by atoms with van der Waals surface area (Å²) in [5.41, 5.74) is 11.5. The predicted molar refractivity (Wildman–Crippen MR) is 182 cm³/mol. The molecule has 1 aliphatic carbocycles. The van der Waals surface area contributed by atoms with E-state index in [9.17, 15) is 18.0 Å². The van der Waals surface area contributed by atoms with Crippen molar-refractivity contribution < 1.29 is 22.7 Å². The summed E-state index contributed by atoms with van der Waals surface area (Å²) in [7, 11) is -2.41. The lowest BCUT2D eigenvalue weighted by Gasteiger charge is -2.30. The third-order valence-electron chi connectivity index (χ3n) is 9.75. The quantitative estimate of drug-likeness (QED) is 0.206. The Labute approximate surface area is 271 Å². The van der Waals surface area contributed by atoms with E-state index in [0.717, 1.165) is 67.9 Å². The molecule has 11 heteroatoms. The molecule has 1 aliphatic heterocycles. The highest BCUT2D eigenvalue weighted by molar-refractivity contribution is 7.89. The molecule has 46 heavy (non-hydrogen) atoms. The molecule has 3 N–H and O–H groups in total. The Bertz CT molecular complexity index is 1920. The molecule has 3 amide bonds. The van der Waals surface area contributed by atoms with Crippen LogP contribution < -0.4 is 15.9 Å². The number of amides is 3. The van der Waals surface area contributed by atoms with Crippen LogP contribution in [-0.4, -0.2) is 61.5 Å². The number of rotatable bonds is 9. The highest BCUT2D eigenvalue weighted by Crippen LogP contribution is 2.36. The Morgan fingerprint density at radius 3 is 2.50 bits per heavy atom. The lowest BCUT2D eigenvalue weighted by molar-refractivity contribution is -0.128. The van der Waals surface area contributed by atoms with Gasteiger partial charge >= 0.3 is 6.03 Å². The van der Waals surface area contributed by atoms with E-state index >= 15 is 0 Å². The van der Waals surface area contributed by atoms with E-state index < -0.39 is 28.0 Å². The van der Waals surface area contributed by atoms with Crippen LogP contribution in [0.2, 0.25) is 0 Å². The number of H-pyrrole nitrogens is 1. The average molecular weight is 641 g/mol. The molecular weight excluding hydrogens is 599 g/mol. The number of hydrogen-bond acceptors (Lipinski definition) is 6. The van der Waals surface area contributed by atoms with Gasteiger partial charge < -0.3 is 15.5 Å². The van der Waals surface area contributed by atoms with Crippen LogP contribution in [0.4, 0.5) is 4.79 Å². The van der Waals surface area contributed by atoms with Crippen LogP contribution in [-0.2, 0) is 21.2 Å². The largest absolute Gasteiger partial charge is 0.457 e. The van der Waals surface area contributed by atoms with Crippen molar-refractivity contribution in [2.24, 2.45) is 17.6 Å². The molecule has 0 spiro atoms. The molecule has 2 aliphatic rings. The van der Waals surface area contributed by atoms with Gasteiger partial charge in [-0.3, -0.25) is 9.69 Å². The van der Waals surface area contributed by atoms with Crippen LogP contribution in [0, 0.1) is 32.6 Å². The van der Waals surface area contributed by atoms with E-state index in [1.807, 2.05) is 58.1 Å². The third-order valence-corrected chi connectivity index (χ3v) is 11.5. The van der Waals surface area contributed by atoms with Gasteiger partial charge in [0.05, 0.1) is 4.90 Å². The molecule has 3 unspecified atom stereocenters. The molecular formula is C35H41BN4O5S. The van der Waals surface area contributed by atoms with Crippen molar-refractivity contribution >= 4 is 46.2 Å². The monoisotopic (exact) mass is 640 g/mol. The van der Waals surface area contributed by atoms with Gasteiger partial charge in [0, 0.05) is 30.1 Å². The Hall–Kier alpha value is -4.09. The van der Waals surface area contributed by atoms with E-state index in [-0.39, 0.29) is 23.8 Å². The summed E-state index contributed by atoms with van der Waals surface area (Å²) in [6, 6.07) is 14.2. The van der Waals surface area contributed by atoms with Crippen molar-refractivity contribution in [3.05, 3.63) is 83.0 Å². The second-order valence-electron chi connectivity index (χ2n) is 13.0. The lowest BCUT2D eigenvalue weighted by atomic mass is 9.81. The Kier molecular flexibility index (Phi) is 8.74. The molecule has 1 aromatic heterocycles. The summed E-state index contributed by atoms with van der Waals surface area (Å²) in [5.74, 6) is 1.08. The molecule has 0 radical (unpaired) electrons. The van der Waals surface area contributed by atoms with Crippen molar-refractivity contribution in [1.29, 1.82) is 0 Å². The van der Waals surface area contributed by atoms with Gasteiger partial charge in [0.25, 0.3) is 15.9 Å². The molecule has 6 rings (SSSR count). The maximum absolute atomic E-state index is 14.3. The minimum absolute atomic E-state index is 0.0623. The number of nitrogens with two attached hydrogens (primary N) is 1. The van der Waals surface area contributed by atoms with Crippen molar-refractivity contribution in [3.63, 3.8) is 0 Å². The topological polar surface area (TPSA) is 126 Å². The van der Waals surface area contributed by atoms with E-state index in [4.69, 9.17) is 10.5 Å². The molecule has 1 saturated heterocycles. The number of aromatic nitrogens is 1. The molecule has 240 valence electrons. The van der Waals surface area contributed by atoms with E-state index in [0.29, 0.717) is 29.5 Å². The summed E-state index contributed by atoms with van der Waals surface area (Å²) < 4.78 is 35.6. The zero-order chi connectivity index (χ0) is 32.7. The van der Waals surface area contributed by atoms with Gasteiger partial charge in [0.15, 0.2) is 0 Å². The van der Waals surface area contributed by atoms with E-state index in [2.05, 4.69) is 4.98 Å². The molecule has 3 aromatic carbocycles. The zero-order valence-electron chi connectivity index (χ0n) is 26.9. The van der Waals surface area contributed by atoms with Crippen molar-refractivity contribution in [2.75, 3.05) is 13.1 Å². The second kappa shape index (κ2) is 12.6. The minimum Gasteiger partial charge on any atom is -0.457 e. The maximum atomic E-state index is 14.3. The van der Waals surface area contributed by atoms with E-state index in [1.54, 1.807) is 19.2 Å². The highest BCUT2D eigenvalue weighted by atomic mass is 32.2. The fourth-order valence-electron chi connectivity index (χ4n) is 6.93. The first kappa shape index (κ1) is 31.9. The van der Waals surface area contributed by atoms with Gasteiger partial charge in [-0.2, -0.15) is 0 Å². The van der Waals surface area contributed by atoms with Gasteiger partial charge in [0.2, 0.25) is 0 Å². The molecule has 2 fully saturated rings. The average Bonchev–Trinajstić information content (AvgIpc) is 3.55. The van der Waals surface area contributed by atoms with Crippen molar-refractivity contribution in [3.8, 4) is 11.5 Å². The maximum Gasteiger partial charge on any atom is 0.341 e. The Morgan fingerprint density at radius 2 is 1.76 bits per heavy atom. The predicted octanol–water partition coefficient (Wildman–Crippen LogP) is 4.47. The first-order chi connectivity index (χ1) is 22.0. The SMILES string of the molecule is Bc1cc(Oc2ccc(S(=O)(=O)N3C(=O)N(CC4CCCC(CN)C4)C(=O)C3Cc3c[nH]c4c(C)cccc34)cc2C)ccc1C. The number of ether oxygens (including phenoxy) is 1. The summed E-state index contributed by atoms with van der Waals surface area (Å²) in [6.45, 7) is 6.52.